The maximum atomic E-state index is 12.6. The molecule has 0 saturated carbocycles. The fourth-order valence-corrected chi connectivity index (χ4v) is 2.53. The van der Waals surface area contributed by atoms with E-state index in [2.05, 4.69) is 10.3 Å². The maximum Gasteiger partial charge on any atom is 0.270 e. The number of ether oxygens (including phenoxy) is 1. The lowest BCUT2D eigenvalue weighted by Crippen LogP contribution is -2.37. The standard InChI is InChI=1S/C16H16N4O4/c21-16(18-12-3-5-17-6-4-12)14-11-13(20(22)23)1-2-15(14)19-7-9-24-10-8-19/h1-6,11H,7-10H2,(H,17,18,21). The van der Waals surface area contributed by atoms with Crippen molar-refractivity contribution in [1.82, 2.24) is 4.98 Å². The van der Waals surface area contributed by atoms with Crippen molar-refractivity contribution < 1.29 is 14.5 Å². The molecule has 0 radical (unpaired) electrons. The zero-order valence-corrected chi connectivity index (χ0v) is 12.8. The molecule has 3 rings (SSSR count). The van der Waals surface area contributed by atoms with Gasteiger partial charge in [-0.05, 0) is 18.2 Å². The molecule has 0 atom stereocenters. The van der Waals surface area contributed by atoms with E-state index >= 15 is 0 Å². The number of pyridine rings is 1. The van der Waals surface area contributed by atoms with Crippen LogP contribution in [-0.2, 0) is 4.74 Å². The summed E-state index contributed by atoms with van der Waals surface area (Å²) in [5.41, 5.74) is 1.39. The molecule has 1 saturated heterocycles. The average Bonchev–Trinajstić information content (AvgIpc) is 2.62. The van der Waals surface area contributed by atoms with Crippen molar-refractivity contribution in [3.8, 4) is 0 Å². The predicted molar refractivity (Wildman–Crippen MR) is 88.3 cm³/mol. The zero-order chi connectivity index (χ0) is 16.9. The minimum absolute atomic E-state index is 0.119. The van der Waals surface area contributed by atoms with Gasteiger partial charge in [0.1, 0.15) is 0 Å². The van der Waals surface area contributed by atoms with E-state index in [1.807, 2.05) is 4.90 Å². The number of hydrogen-bond donors (Lipinski definition) is 1. The van der Waals surface area contributed by atoms with Gasteiger partial charge in [-0.1, -0.05) is 0 Å². The van der Waals surface area contributed by atoms with Crippen molar-refractivity contribution >= 4 is 23.0 Å². The van der Waals surface area contributed by atoms with Gasteiger partial charge in [0.15, 0.2) is 0 Å². The molecule has 124 valence electrons. The summed E-state index contributed by atoms with van der Waals surface area (Å²) in [6, 6.07) is 7.65. The van der Waals surface area contributed by atoms with Crippen LogP contribution >= 0.6 is 0 Å². The van der Waals surface area contributed by atoms with Crippen LogP contribution in [-0.4, -0.2) is 42.1 Å². The third-order valence-corrected chi connectivity index (χ3v) is 3.73. The SMILES string of the molecule is O=C(Nc1ccncc1)c1cc([N+](=O)[O-])ccc1N1CCOCC1. The smallest absolute Gasteiger partial charge is 0.270 e. The van der Waals surface area contributed by atoms with E-state index in [9.17, 15) is 14.9 Å². The number of nitro benzene ring substituents is 1. The molecule has 0 spiro atoms. The monoisotopic (exact) mass is 328 g/mol. The predicted octanol–water partition coefficient (Wildman–Crippen LogP) is 2.08. The van der Waals surface area contributed by atoms with Gasteiger partial charge >= 0.3 is 0 Å². The second-order valence-electron chi connectivity index (χ2n) is 5.25. The molecule has 1 aromatic carbocycles. The molecule has 0 aliphatic carbocycles. The first-order valence-electron chi connectivity index (χ1n) is 7.47. The Hall–Kier alpha value is -3.00. The molecular formula is C16H16N4O4. The molecule has 2 aromatic rings. The Morgan fingerprint density at radius 3 is 2.58 bits per heavy atom. The van der Waals surface area contributed by atoms with E-state index in [1.54, 1.807) is 30.6 Å². The number of carbonyl (C=O) groups excluding carboxylic acids is 1. The Labute approximate surface area is 138 Å². The molecule has 24 heavy (non-hydrogen) atoms. The highest BCUT2D eigenvalue weighted by Gasteiger charge is 2.22. The number of aromatic nitrogens is 1. The molecule has 1 aliphatic heterocycles. The van der Waals surface area contributed by atoms with Crippen molar-refractivity contribution in [3.63, 3.8) is 0 Å². The summed E-state index contributed by atoms with van der Waals surface area (Å²) < 4.78 is 5.32. The Balaban J connectivity index is 1.94. The Kier molecular flexibility index (Phi) is 4.66. The number of anilines is 2. The number of nitrogens with zero attached hydrogens (tertiary/aromatic N) is 3. The van der Waals surface area contributed by atoms with Crippen LogP contribution in [0.5, 0.6) is 0 Å². The molecule has 8 heteroatoms. The van der Waals surface area contributed by atoms with Crippen molar-refractivity contribution in [1.29, 1.82) is 0 Å². The number of nitrogens with one attached hydrogen (secondary N) is 1. The van der Waals surface area contributed by atoms with Gasteiger partial charge in [-0.15, -0.1) is 0 Å². The molecule has 1 N–H and O–H groups in total. The van der Waals surface area contributed by atoms with Gasteiger partial charge in [-0.3, -0.25) is 19.9 Å². The molecular weight excluding hydrogens is 312 g/mol. The molecule has 8 nitrogen and oxygen atoms in total. The Morgan fingerprint density at radius 1 is 1.21 bits per heavy atom. The Bertz CT molecular complexity index is 745. The second kappa shape index (κ2) is 7.05. The number of nitro groups is 1. The quantitative estimate of drug-likeness (QED) is 0.681. The van der Waals surface area contributed by atoms with E-state index in [1.165, 1.54) is 12.1 Å². The van der Waals surface area contributed by atoms with Crippen LogP contribution in [0, 0.1) is 10.1 Å². The molecule has 1 fully saturated rings. The lowest BCUT2D eigenvalue weighted by molar-refractivity contribution is -0.384. The highest BCUT2D eigenvalue weighted by molar-refractivity contribution is 6.08. The first-order valence-corrected chi connectivity index (χ1v) is 7.47. The Morgan fingerprint density at radius 2 is 1.92 bits per heavy atom. The summed E-state index contributed by atoms with van der Waals surface area (Å²) >= 11 is 0. The van der Waals surface area contributed by atoms with Crippen molar-refractivity contribution in [3.05, 3.63) is 58.4 Å². The minimum Gasteiger partial charge on any atom is -0.378 e. The number of carbonyl (C=O) groups is 1. The highest BCUT2D eigenvalue weighted by atomic mass is 16.6. The van der Waals surface area contributed by atoms with Crippen LogP contribution < -0.4 is 10.2 Å². The first kappa shape index (κ1) is 15.9. The number of morpholine rings is 1. The summed E-state index contributed by atoms with van der Waals surface area (Å²) in [4.78, 5) is 29.1. The third-order valence-electron chi connectivity index (χ3n) is 3.73. The van der Waals surface area contributed by atoms with Crippen LogP contribution in [0.2, 0.25) is 0 Å². The summed E-state index contributed by atoms with van der Waals surface area (Å²) in [5, 5.41) is 13.8. The summed E-state index contributed by atoms with van der Waals surface area (Å²) in [7, 11) is 0. The van der Waals surface area contributed by atoms with Crippen molar-refractivity contribution in [2.24, 2.45) is 0 Å². The van der Waals surface area contributed by atoms with Crippen LogP contribution in [0.1, 0.15) is 10.4 Å². The molecule has 0 bridgehead atoms. The largest absolute Gasteiger partial charge is 0.378 e. The summed E-state index contributed by atoms with van der Waals surface area (Å²) in [6.07, 6.45) is 3.12. The molecule has 1 amide bonds. The highest BCUT2D eigenvalue weighted by Crippen LogP contribution is 2.27. The van der Waals surface area contributed by atoms with Gasteiger partial charge < -0.3 is 15.0 Å². The van der Waals surface area contributed by atoms with Gasteiger partial charge in [0, 0.05) is 43.3 Å². The van der Waals surface area contributed by atoms with E-state index in [0.717, 1.165) is 0 Å². The topological polar surface area (TPSA) is 97.6 Å². The molecule has 1 aromatic heterocycles. The van der Waals surface area contributed by atoms with E-state index < -0.39 is 10.8 Å². The summed E-state index contributed by atoms with van der Waals surface area (Å²) in [5.74, 6) is -0.397. The summed E-state index contributed by atoms with van der Waals surface area (Å²) in [6.45, 7) is 2.38. The van der Waals surface area contributed by atoms with E-state index in [0.29, 0.717) is 37.7 Å². The number of benzene rings is 1. The zero-order valence-electron chi connectivity index (χ0n) is 12.8. The fourth-order valence-electron chi connectivity index (χ4n) is 2.53. The molecule has 0 unspecified atom stereocenters. The van der Waals surface area contributed by atoms with Gasteiger partial charge in [0.25, 0.3) is 11.6 Å². The van der Waals surface area contributed by atoms with Crippen molar-refractivity contribution in [2.75, 3.05) is 36.5 Å². The van der Waals surface area contributed by atoms with Gasteiger partial charge in [-0.2, -0.15) is 0 Å². The normalized spacial score (nSPS) is 14.2. The first-order chi connectivity index (χ1) is 11.6. The lowest BCUT2D eigenvalue weighted by Gasteiger charge is -2.30. The number of amides is 1. The van der Waals surface area contributed by atoms with E-state index in [-0.39, 0.29) is 11.3 Å². The molecule has 2 heterocycles. The van der Waals surface area contributed by atoms with Crippen LogP contribution in [0.3, 0.4) is 0 Å². The van der Waals surface area contributed by atoms with Crippen LogP contribution in [0.25, 0.3) is 0 Å². The number of non-ortho nitro benzene ring substituents is 1. The molecule has 1 aliphatic rings. The maximum absolute atomic E-state index is 12.6. The van der Waals surface area contributed by atoms with Gasteiger partial charge in [0.05, 0.1) is 29.4 Å². The van der Waals surface area contributed by atoms with Crippen molar-refractivity contribution in [2.45, 2.75) is 0 Å². The van der Waals surface area contributed by atoms with Gasteiger partial charge in [-0.25, -0.2) is 0 Å². The second-order valence-corrected chi connectivity index (χ2v) is 5.25. The van der Waals surface area contributed by atoms with Crippen LogP contribution in [0.4, 0.5) is 17.1 Å². The van der Waals surface area contributed by atoms with Gasteiger partial charge in [0.2, 0.25) is 0 Å². The average molecular weight is 328 g/mol. The minimum atomic E-state index is -0.508. The fraction of sp³-hybridized carbons (Fsp3) is 0.250. The lowest BCUT2D eigenvalue weighted by atomic mass is 10.1. The number of hydrogen-bond acceptors (Lipinski definition) is 6. The van der Waals surface area contributed by atoms with Crippen LogP contribution in [0.15, 0.2) is 42.7 Å². The third kappa shape index (κ3) is 3.49. The number of rotatable bonds is 4. The van der Waals surface area contributed by atoms with E-state index in [4.69, 9.17) is 4.74 Å².